The zero-order valence-electron chi connectivity index (χ0n) is 12.9. The van der Waals surface area contributed by atoms with Gasteiger partial charge in [0.25, 0.3) is 0 Å². The van der Waals surface area contributed by atoms with Crippen LogP contribution in [-0.2, 0) is 0 Å². The number of hydrogen-bond acceptors (Lipinski definition) is 1. The van der Waals surface area contributed by atoms with Gasteiger partial charge in [0.1, 0.15) is 0 Å². The monoisotopic (exact) mass is 293 g/mol. The van der Waals surface area contributed by atoms with E-state index in [1.807, 2.05) is 0 Å². The van der Waals surface area contributed by atoms with E-state index < -0.39 is 0 Å². The Hall–Kier alpha value is -2.93. The van der Waals surface area contributed by atoms with Crippen molar-refractivity contribution >= 4 is 43.4 Å². The lowest BCUT2D eigenvalue weighted by Crippen LogP contribution is -1.90. The summed E-state index contributed by atoms with van der Waals surface area (Å²) in [7, 11) is 0. The molecule has 1 nitrogen and oxygen atoms in total. The highest BCUT2D eigenvalue weighted by Gasteiger charge is 2.10. The van der Waals surface area contributed by atoms with Crippen molar-refractivity contribution in [3.63, 3.8) is 0 Å². The summed E-state index contributed by atoms with van der Waals surface area (Å²) in [6, 6.07) is 25.7. The van der Waals surface area contributed by atoms with Crippen LogP contribution in [0.2, 0.25) is 0 Å². The molecule has 5 aromatic rings. The minimum absolute atomic E-state index is 1.07. The van der Waals surface area contributed by atoms with Gasteiger partial charge >= 0.3 is 0 Å². The molecule has 5 rings (SSSR count). The van der Waals surface area contributed by atoms with E-state index in [1.54, 1.807) is 0 Å². The number of benzene rings is 4. The van der Waals surface area contributed by atoms with Crippen LogP contribution in [0.15, 0.2) is 72.8 Å². The molecular weight excluding hydrogens is 278 g/mol. The Kier molecular flexibility index (Phi) is 2.48. The van der Waals surface area contributed by atoms with Gasteiger partial charge in [-0.25, -0.2) is 4.98 Å². The zero-order chi connectivity index (χ0) is 15.4. The van der Waals surface area contributed by atoms with Gasteiger partial charge in [-0.3, -0.25) is 0 Å². The molecule has 0 spiro atoms. The van der Waals surface area contributed by atoms with Crippen molar-refractivity contribution in [1.82, 2.24) is 4.98 Å². The molecule has 1 aromatic heterocycles. The van der Waals surface area contributed by atoms with Gasteiger partial charge in [-0.1, -0.05) is 66.7 Å². The first-order valence-electron chi connectivity index (χ1n) is 7.92. The minimum atomic E-state index is 1.07. The number of hydrogen-bond donors (Lipinski definition) is 0. The summed E-state index contributed by atoms with van der Waals surface area (Å²) in [6.45, 7) is 2.22. The number of aromatic nitrogens is 1. The Morgan fingerprint density at radius 3 is 2.09 bits per heavy atom. The van der Waals surface area contributed by atoms with Crippen molar-refractivity contribution in [3.8, 4) is 0 Å². The third-order valence-corrected chi connectivity index (χ3v) is 4.82. The second-order valence-corrected chi connectivity index (χ2v) is 6.10. The summed E-state index contributed by atoms with van der Waals surface area (Å²) < 4.78 is 0. The SMILES string of the molecule is Cc1c2ccc3ccccc3c2nc2ccc3ccccc3c12. The van der Waals surface area contributed by atoms with Gasteiger partial charge in [-0.15, -0.1) is 0 Å². The predicted octanol–water partition coefficient (Wildman–Crippen LogP) is 6.00. The van der Waals surface area contributed by atoms with Gasteiger partial charge in [-0.05, 0) is 34.7 Å². The largest absolute Gasteiger partial charge is 0.247 e. The van der Waals surface area contributed by atoms with E-state index in [9.17, 15) is 0 Å². The van der Waals surface area contributed by atoms with E-state index >= 15 is 0 Å². The van der Waals surface area contributed by atoms with Crippen molar-refractivity contribution in [2.45, 2.75) is 6.92 Å². The van der Waals surface area contributed by atoms with Crippen LogP contribution in [0.5, 0.6) is 0 Å². The lowest BCUT2D eigenvalue weighted by Gasteiger charge is -2.11. The first-order chi connectivity index (χ1) is 11.3. The number of aryl methyl sites for hydroxylation is 1. The maximum Gasteiger partial charge on any atom is 0.0790 e. The Bertz CT molecular complexity index is 1220. The summed E-state index contributed by atoms with van der Waals surface area (Å²) in [4.78, 5) is 5.02. The van der Waals surface area contributed by atoms with Crippen LogP contribution in [0.1, 0.15) is 5.56 Å². The summed E-state index contributed by atoms with van der Waals surface area (Å²) >= 11 is 0. The molecule has 0 radical (unpaired) electrons. The topological polar surface area (TPSA) is 12.9 Å². The predicted molar refractivity (Wildman–Crippen MR) is 99.0 cm³/mol. The summed E-state index contributed by atoms with van der Waals surface area (Å²) in [5.74, 6) is 0. The van der Waals surface area contributed by atoms with Crippen LogP contribution in [-0.4, -0.2) is 4.98 Å². The highest BCUT2D eigenvalue weighted by atomic mass is 14.7. The molecule has 108 valence electrons. The lowest BCUT2D eigenvalue weighted by molar-refractivity contribution is 1.48. The molecule has 0 aliphatic carbocycles. The van der Waals surface area contributed by atoms with Crippen molar-refractivity contribution in [2.24, 2.45) is 0 Å². The number of rotatable bonds is 0. The first-order valence-corrected chi connectivity index (χ1v) is 7.92. The van der Waals surface area contributed by atoms with Gasteiger partial charge in [0.2, 0.25) is 0 Å². The third-order valence-electron chi connectivity index (χ3n) is 4.82. The molecule has 0 saturated heterocycles. The summed E-state index contributed by atoms with van der Waals surface area (Å²) in [5.41, 5.74) is 3.49. The van der Waals surface area contributed by atoms with Gasteiger partial charge in [-0.2, -0.15) is 0 Å². The first kappa shape index (κ1) is 12.6. The summed E-state index contributed by atoms with van der Waals surface area (Å²) in [5, 5.41) is 7.53. The molecule has 0 fully saturated rings. The Morgan fingerprint density at radius 1 is 0.609 bits per heavy atom. The smallest absolute Gasteiger partial charge is 0.0790 e. The fourth-order valence-corrected chi connectivity index (χ4v) is 3.68. The van der Waals surface area contributed by atoms with Crippen LogP contribution in [0, 0.1) is 6.92 Å². The fourth-order valence-electron chi connectivity index (χ4n) is 3.68. The number of fused-ring (bicyclic) bond motifs is 6. The third kappa shape index (κ3) is 1.71. The Balaban J connectivity index is 2.08. The van der Waals surface area contributed by atoms with Gasteiger partial charge < -0.3 is 0 Å². The molecule has 23 heavy (non-hydrogen) atoms. The molecule has 0 aliphatic heterocycles. The molecule has 0 N–H and O–H groups in total. The fraction of sp³-hybridized carbons (Fsp3) is 0.0455. The number of pyridine rings is 1. The minimum Gasteiger partial charge on any atom is -0.247 e. The molecule has 1 heterocycles. The van der Waals surface area contributed by atoms with E-state index in [0.717, 1.165) is 11.0 Å². The highest BCUT2D eigenvalue weighted by molar-refractivity contribution is 6.16. The maximum atomic E-state index is 5.02. The highest BCUT2D eigenvalue weighted by Crippen LogP contribution is 2.34. The molecule has 0 bridgehead atoms. The van der Waals surface area contributed by atoms with Crippen molar-refractivity contribution in [2.75, 3.05) is 0 Å². The molecule has 4 aromatic carbocycles. The second-order valence-electron chi connectivity index (χ2n) is 6.10. The van der Waals surface area contributed by atoms with Crippen molar-refractivity contribution in [3.05, 3.63) is 78.4 Å². The zero-order valence-corrected chi connectivity index (χ0v) is 12.9. The lowest BCUT2D eigenvalue weighted by atomic mass is 9.96. The molecular formula is C22H15N. The van der Waals surface area contributed by atoms with Gasteiger partial charge in [0, 0.05) is 16.2 Å². The van der Waals surface area contributed by atoms with E-state index in [1.165, 1.54) is 37.9 Å². The van der Waals surface area contributed by atoms with Gasteiger partial charge in [0.15, 0.2) is 0 Å². The van der Waals surface area contributed by atoms with E-state index in [4.69, 9.17) is 4.98 Å². The van der Waals surface area contributed by atoms with E-state index in [-0.39, 0.29) is 0 Å². The quantitative estimate of drug-likeness (QED) is 0.252. The summed E-state index contributed by atoms with van der Waals surface area (Å²) in [6.07, 6.45) is 0. The standard InChI is InChI=1S/C22H15N/c1-14-17-12-10-16-7-3-5-9-19(16)22(17)23-20-13-11-15-6-2-4-8-18(15)21(14)20/h2-13H,1H3. The van der Waals surface area contributed by atoms with Crippen LogP contribution in [0.25, 0.3) is 43.4 Å². The second kappa shape index (κ2) is 4.53. The van der Waals surface area contributed by atoms with E-state index in [2.05, 4.69) is 79.7 Å². The van der Waals surface area contributed by atoms with E-state index in [0.29, 0.717) is 0 Å². The van der Waals surface area contributed by atoms with Crippen LogP contribution >= 0.6 is 0 Å². The Morgan fingerprint density at radius 2 is 1.26 bits per heavy atom. The van der Waals surface area contributed by atoms with Crippen molar-refractivity contribution in [1.29, 1.82) is 0 Å². The normalized spacial score (nSPS) is 11.7. The maximum absolute atomic E-state index is 5.02. The molecule has 1 heteroatoms. The molecule has 0 amide bonds. The van der Waals surface area contributed by atoms with Crippen LogP contribution in [0.4, 0.5) is 0 Å². The van der Waals surface area contributed by atoms with Gasteiger partial charge in [0.05, 0.1) is 11.0 Å². The molecule has 0 saturated carbocycles. The number of nitrogens with zero attached hydrogens (tertiary/aromatic N) is 1. The molecule has 0 unspecified atom stereocenters. The van der Waals surface area contributed by atoms with Crippen LogP contribution in [0.3, 0.4) is 0 Å². The average molecular weight is 293 g/mol. The average Bonchev–Trinajstić information content (AvgIpc) is 2.61. The molecule has 0 aliphatic rings. The molecule has 0 atom stereocenters. The van der Waals surface area contributed by atoms with Crippen molar-refractivity contribution < 1.29 is 0 Å². The Labute approximate surface area is 134 Å². The van der Waals surface area contributed by atoms with Crippen LogP contribution < -0.4 is 0 Å².